The van der Waals surface area contributed by atoms with Crippen LogP contribution >= 0.6 is 0 Å². The minimum atomic E-state index is -2.83. The fourth-order valence-corrected chi connectivity index (χ4v) is 0.964. The van der Waals surface area contributed by atoms with E-state index >= 15 is 0 Å². The molecule has 0 saturated carbocycles. The summed E-state index contributed by atoms with van der Waals surface area (Å²) >= 11 is 0. The van der Waals surface area contributed by atoms with Crippen molar-refractivity contribution >= 4 is 11.9 Å². The summed E-state index contributed by atoms with van der Waals surface area (Å²) in [4.78, 5) is 40.2. The zero-order chi connectivity index (χ0) is 16.3. The summed E-state index contributed by atoms with van der Waals surface area (Å²) in [5.74, 6) is -3.45. The highest BCUT2D eigenvalue weighted by molar-refractivity contribution is 5.79. The zero-order valence-corrected chi connectivity index (χ0v) is 10.7. The van der Waals surface area contributed by atoms with Gasteiger partial charge in [-0.3, -0.25) is 20.2 Å². The Morgan fingerprint density at radius 2 is 1.40 bits per heavy atom. The third kappa shape index (κ3) is 3.43. The van der Waals surface area contributed by atoms with Gasteiger partial charge in [-0.1, -0.05) is 0 Å². The first-order valence-electron chi connectivity index (χ1n) is 5.04. The molecule has 2 N–H and O–H groups in total. The lowest BCUT2D eigenvalue weighted by atomic mass is 10.0. The van der Waals surface area contributed by atoms with Gasteiger partial charge in [0.2, 0.25) is 0 Å². The molecule has 0 saturated heterocycles. The van der Waals surface area contributed by atoms with Crippen LogP contribution in [-0.2, 0) is 9.59 Å². The predicted octanol–water partition coefficient (Wildman–Crippen LogP) is 0.0246. The van der Waals surface area contributed by atoms with Gasteiger partial charge in [0.1, 0.15) is 0 Å². The molecule has 0 rings (SSSR count). The molecule has 0 bridgehead atoms. The molecule has 0 aromatic rings. The number of carboxylic acid groups (broad SMARTS) is 2. The molecule has 20 heavy (non-hydrogen) atoms. The molecule has 0 aliphatic heterocycles. The lowest BCUT2D eigenvalue weighted by molar-refractivity contribution is -0.749. The standard InChI is InChI=1S/C8H12N4O8/c1-7(2,5(13)14)9-10-8(3,6(15)16)4(11(17)18)12(19)20/h4H,1-3H3,(H,13,14)(H,15,16). The summed E-state index contributed by atoms with van der Waals surface area (Å²) in [6.07, 6.45) is -2.80. The normalized spacial score (nSPS) is 15.0. The van der Waals surface area contributed by atoms with Crippen LogP contribution < -0.4 is 0 Å². The largest absolute Gasteiger partial charge is 0.487 e. The molecular weight excluding hydrogens is 280 g/mol. The van der Waals surface area contributed by atoms with E-state index in [0.29, 0.717) is 6.92 Å². The van der Waals surface area contributed by atoms with E-state index in [1.54, 1.807) is 0 Å². The minimum Gasteiger partial charge on any atom is -0.479 e. The van der Waals surface area contributed by atoms with E-state index in [2.05, 4.69) is 10.2 Å². The molecule has 1 unspecified atom stereocenters. The third-order valence-corrected chi connectivity index (χ3v) is 2.37. The van der Waals surface area contributed by atoms with Crippen molar-refractivity contribution in [3.63, 3.8) is 0 Å². The monoisotopic (exact) mass is 292 g/mol. The van der Waals surface area contributed by atoms with E-state index in [9.17, 15) is 29.8 Å². The third-order valence-electron chi connectivity index (χ3n) is 2.37. The van der Waals surface area contributed by atoms with Crippen molar-refractivity contribution in [2.24, 2.45) is 10.2 Å². The van der Waals surface area contributed by atoms with Crippen LogP contribution in [0.25, 0.3) is 0 Å². The number of carbonyl (C=O) groups is 2. The first-order valence-corrected chi connectivity index (χ1v) is 5.04. The average Bonchev–Trinajstić information content (AvgIpc) is 2.24. The maximum absolute atomic E-state index is 11.0. The number of aliphatic carboxylic acids is 2. The van der Waals surface area contributed by atoms with Crippen LogP contribution in [-0.4, -0.2) is 49.2 Å². The van der Waals surface area contributed by atoms with Crippen LogP contribution in [0.5, 0.6) is 0 Å². The second-order valence-corrected chi connectivity index (χ2v) is 4.46. The lowest BCUT2D eigenvalue weighted by Gasteiger charge is -2.19. The molecule has 0 amide bonds. The lowest BCUT2D eigenvalue weighted by Crippen LogP contribution is -2.53. The van der Waals surface area contributed by atoms with E-state index in [1.165, 1.54) is 0 Å². The Labute approximate surface area is 111 Å². The fourth-order valence-electron chi connectivity index (χ4n) is 0.964. The van der Waals surface area contributed by atoms with Gasteiger partial charge in [-0.15, -0.1) is 0 Å². The SMILES string of the molecule is CC(C)(N=NC(C)(C(=O)O)C([N+](=O)[O-])[N+](=O)[O-])C(=O)O. The highest BCUT2D eigenvalue weighted by Crippen LogP contribution is 2.23. The Hall–Kier alpha value is -2.66. The van der Waals surface area contributed by atoms with Crippen molar-refractivity contribution in [3.8, 4) is 0 Å². The van der Waals surface area contributed by atoms with Crippen LogP contribution in [0.4, 0.5) is 0 Å². The van der Waals surface area contributed by atoms with E-state index in [4.69, 9.17) is 10.2 Å². The number of rotatable bonds is 7. The second-order valence-electron chi connectivity index (χ2n) is 4.46. The van der Waals surface area contributed by atoms with Gasteiger partial charge in [-0.05, 0) is 20.8 Å². The summed E-state index contributed by atoms with van der Waals surface area (Å²) in [5, 5.41) is 45.2. The number of hydrogen-bond acceptors (Lipinski definition) is 8. The Morgan fingerprint density at radius 1 is 1.00 bits per heavy atom. The number of azo groups is 1. The van der Waals surface area contributed by atoms with Crippen molar-refractivity contribution in [1.82, 2.24) is 0 Å². The smallest absolute Gasteiger partial charge is 0.479 e. The summed E-state index contributed by atoms with van der Waals surface area (Å²) in [6.45, 7) is 2.72. The van der Waals surface area contributed by atoms with Gasteiger partial charge in [0.05, 0.1) is 9.85 Å². The molecule has 0 heterocycles. The molecule has 0 aromatic carbocycles. The first kappa shape index (κ1) is 17.3. The molecule has 12 nitrogen and oxygen atoms in total. The van der Waals surface area contributed by atoms with Gasteiger partial charge in [0.25, 0.3) is 0 Å². The predicted molar refractivity (Wildman–Crippen MR) is 60.4 cm³/mol. The summed E-state index contributed by atoms with van der Waals surface area (Å²) in [7, 11) is 0. The van der Waals surface area contributed by atoms with Crippen LogP contribution in [0.3, 0.4) is 0 Å². The van der Waals surface area contributed by atoms with Crippen LogP contribution in [0, 0.1) is 20.2 Å². The zero-order valence-electron chi connectivity index (χ0n) is 10.7. The topological polar surface area (TPSA) is 186 Å². The first-order chi connectivity index (χ1) is 8.86. The van der Waals surface area contributed by atoms with Crippen LogP contribution in [0.15, 0.2) is 10.2 Å². The van der Waals surface area contributed by atoms with E-state index < -0.39 is 39.0 Å². The Balaban J connectivity index is 5.82. The quantitative estimate of drug-likeness (QED) is 0.284. The molecule has 0 fully saturated rings. The van der Waals surface area contributed by atoms with Crippen molar-refractivity contribution in [1.29, 1.82) is 0 Å². The van der Waals surface area contributed by atoms with Gasteiger partial charge in [-0.25, -0.2) is 9.59 Å². The molecular formula is C8H12N4O8. The fraction of sp³-hybridized carbons (Fsp3) is 0.750. The summed E-state index contributed by atoms with van der Waals surface area (Å²) in [6, 6.07) is 0. The van der Waals surface area contributed by atoms with Gasteiger partial charge in [0, 0.05) is 0 Å². The van der Waals surface area contributed by atoms with Gasteiger partial charge in [0.15, 0.2) is 5.54 Å². The molecule has 0 radical (unpaired) electrons. The maximum atomic E-state index is 11.0. The summed E-state index contributed by atoms with van der Waals surface area (Å²) < 4.78 is 0. The molecule has 1 atom stereocenters. The molecule has 12 heteroatoms. The Bertz CT molecular complexity index is 473. The number of carboxylic acids is 2. The van der Waals surface area contributed by atoms with Crippen molar-refractivity contribution in [3.05, 3.63) is 20.2 Å². The minimum absolute atomic E-state index is 0.618. The number of nitro groups is 2. The number of nitrogens with zero attached hydrogens (tertiary/aromatic N) is 4. The Morgan fingerprint density at radius 3 is 1.65 bits per heavy atom. The molecule has 0 aliphatic rings. The number of hydrogen-bond donors (Lipinski definition) is 2. The van der Waals surface area contributed by atoms with Crippen molar-refractivity contribution in [2.45, 2.75) is 38.0 Å². The Kier molecular flexibility index (Phi) is 4.80. The average molecular weight is 292 g/mol. The van der Waals surface area contributed by atoms with Crippen LogP contribution in [0.2, 0.25) is 0 Å². The highest BCUT2D eigenvalue weighted by atomic mass is 16.7. The van der Waals surface area contributed by atoms with Crippen LogP contribution in [0.1, 0.15) is 20.8 Å². The van der Waals surface area contributed by atoms with E-state index in [0.717, 1.165) is 13.8 Å². The van der Waals surface area contributed by atoms with Gasteiger partial charge in [-0.2, -0.15) is 10.2 Å². The molecule has 0 aliphatic carbocycles. The molecule has 0 aromatic heterocycles. The molecule has 0 spiro atoms. The summed E-state index contributed by atoms with van der Waals surface area (Å²) in [5.41, 5.74) is -4.71. The highest BCUT2D eigenvalue weighted by Gasteiger charge is 2.60. The van der Waals surface area contributed by atoms with E-state index in [-0.39, 0.29) is 0 Å². The maximum Gasteiger partial charge on any atom is 0.487 e. The second kappa shape index (κ2) is 5.54. The van der Waals surface area contributed by atoms with Crippen molar-refractivity contribution in [2.75, 3.05) is 0 Å². The molecule has 112 valence electrons. The van der Waals surface area contributed by atoms with E-state index in [1.807, 2.05) is 0 Å². The van der Waals surface area contributed by atoms with Crippen molar-refractivity contribution < 1.29 is 29.6 Å². The van der Waals surface area contributed by atoms with Gasteiger partial charge < -0.3 is 10.2 Å². The van der Waals surface area contributed by atoms with Gasteiger partial charge >= 0.3 is 23.6 Å².